The van der Waals surface area contributed by atoms with Crippen molar-refractivity contribution in [2.24, 2.45) is 11.3 Å². The van der Waals surface area contributed by atoms with Crippen LogP contribution in [0.25, 0.3) is 16.3 Å². The number of aliphatic hydroxyl groups excluding tert-OH is 2. The number of H-pyrrole nitrogens is 1. The number of hydrogen-bond donors (Lipinski definition) is 3. The van der Waals surface area contributed by atoms with Crippen LogP contribution in [0.3, 0.4) is 0 Å². The molecular weight excluding hydrogens is 521 g/mol. The van der Waals surface area contributed by atoms with Gasteiger partial charge in [-0.2, -0.15) is 13.2 Å². The van der Waals surface area contributed by atoms with Crippen molar-refractivity contribution < 1.29 is 28.1 Å². The van der Waals surface area contributed by atoms with E-state index in [9.17, 15) is 28.2 Å². The molecule has 6 nitrogen and oxygen atoms in total. The quantitative estimate of drug-likeness (QED) is 0.510. The Kier molecular flexibility index (Phi) is 5.36. The zero-order valence-corrected chi connectivity index (χ0v) is 22.7. The van der Waals surface area contributed by atoms with Crippen molar-refractivity contribution in [3.63, 3.8) is 0 Å². The maximum atomic E-state index is 14.9. The number of pyridine rings is 1. The van der Waals surface area contributed by atoms with Gasteiger partial charge in [0.1, 0.15) is 6.10 Å². The van der Waals surface area contributed by atoms with E-state index in [1.165, 1.54) is 6.07 Å². The number of nitrogens with one attached hydrogen (secondary N) is 1. The fourth-order valence-electron chi connectivity index (χ4n) is 8.71. The van der Waals surface area contributed by atoms with Gasteiger partial charge in [0.25, 0.3) is 0 Å². The molecule has 1 saturated heterocycles. The van der Waals surface area contributed by atoms with Gasteiger partial charge in [0.2, 0.25) is 5.56 Å². The van der Waals surface area contributed by atoms with Crippen LogP contribution in [0.1, 0.15) is 44.6 Å². The Morgan fingerprint density at radius 3 is 2.62 bits per heavy atom. The van der Waals surface area contributed by atoms with Crippen LogP contribution < -0.4 is 5.56 Å². The number of alkyl halides is 3. The molecule has 9 heteroatoms. The zero-order chi connectivity index (χ0) is 28.4. The third-order valence-corrected chi connectivity index (χ3v) is 10.6. The molecule has 2 aromatic rings. The number of likely N-dealkylation sites (N-methyl/N-ethyl adjacent to an activating group) is 1. The van der Waals surface area contributed by atoms with Gasteiger partial charge >= 0.3 is 6.18 Å². The first-order valence-electron chi connectivity index (χ1n) is 13.9. The Hall–Kier alpha value is -2.72. The smallest absolute Gasteiger partial charge is 0.388 e. The summed E-state index contributed by atoms with van der Waals surface area (Å²) in [5, 5.41) is 23.6. The van der Waals surface area contributed by atoms with E-state index in [-0.39, 0.29) is 29.5 Å². The van der Waals surface area contributed by atoms with Crippen LogP contribution >= 0.6 is 0 Å². The van der Waals surface area contributed by atoms with Gasteiger partial charge in [0.05, 0.1) is 17.3 Å². The van der Waals surface area contributed by atoms with Crippen LogP contribution in [-0.4, -0.2) is 69.8 Å². The van der Waals surface area contributed by atoms with E-state index in [1.807, 2.05) is 44.1 Å². The molecule has 2 aliphatic heterocycles. The van der Waals surface area contributed by atoms with Gasteiger partial charge in [-0.3, -0.25) is 4.79 Å². The molecule has 40 heavy (non-hydrogen) atoms. The zero-order valence-electron chi connectivity index (χ0n) is 22.7. The topological polar surface area (TPSA) is 85.8 Å². The number of fused-ring (bicyclic) bond motifs is 2. The highest BCUT2D eigenvalue weighted by Gasteiger charge is 2.69. The Balaban J connectivity index is 1.39. The summed E-state index contributed by atoms with van der Waals surface area (Å²) >= 11 is 0. The number of aliphatic hydroxyl groups is 2. The second kappa shape index (κ2) is 8.18. The van der Waals surface area contributed by atoms with Crippen molar-refractivity contribution in [1.29, 1.82) is 0 Å². The average Bonchev–Trinajstić information content (AvgIpc) is 3.40. The third-order valence-electron chi connectivity index (χ3n) is 10.6. The van der Waals surface area contributed by atoms with E-state index in [1.54, 1.807) is 12.3 Å². The van der Waals surface area contributed by atoms with E-state index in [0.717, 1.165) is 21.9 Å². The Bertz CT molecular complexity index is 1590. The maximum absolute atomic E-state index is 14.9. The molecule has 7 unspecified atom stereocenters. The number of ether oxygens (including phenoxy) is 1. The van der Waals surface area contributed by atoms with Gasteiger partial charge in [0, 0.05) is 35.2 Å². The van der Waals surface area contributed by atoms with Crippen molar-refractivity contribution in [2.75, 3.05) is 14.1 Å². The highest BCUT2D eigenvalue weighted by molar-refractivity contribution is 5.87. The molecule has 5 aliphatic rings. The number of allylic oxidation sites excluding steroid dienone is 3. The fraction of sp³-hybridized carbons (Fsp3) is 0.516. The van der Waals surface area contributed by atoms with E-state index in [0.29, 0.717) is 31.3 Å². The van der Waals surface area contributed by atoms with Crippen molar-refractivity contribution >= 4 is 16.3 Å². The number of aromatic amines is 1. The first-order chi connectivity index (χ1) is 18.8. The van der Waals surface area contributed by atoms with E-state index in [2.05, 4.69) is 11.1 Å². The number of hydrogen-bond acceptors (Lipinski definition) is 5. The van der Waals surface area contributed by atoms with E-state index < -0.39 is 40.6 Å². The number of halogens is 3. The van der Waals surface area contributed by atoms with Gasteiger partial charge in [-0.05, 0) is 85.3 Å². The SMILES string of the molecule is CN(C)C1CC23CCC4(O2)C(=C(C(F)(F)F)CC2(C)C(c5ccc6c[nH]c(=O)cc6c5)=CCC24)C=C3C(O)C1O. The average molecular weight is 555 g/mol. The summed E-state index contributed by atoms with van der Waals surface area (Å²) in [6, 6.07) is 6.82. The van der Waals surface area contributed by atoms with Gasteiger partial charge in [-0.15, -0.1) is 0 Å². The summed E-state index contributed by atoms with van der Waals surface area (Å²) in [7, 11) is 3.66. The summed E-state index contributed by atoms with van der Waals surface area (Å²) < 4.78 is 51.6. The number of rotatable bonds is 2. The molecule has 3 aliphatic carbocycles. The second-order valence-electron chi connectivity index (χ2n) is 12.8. The van der Waals surface area contributed by atoms with Crippen LogP contribution in [0, 0.1) is 11.3 Å². The summed E-state index contributed by atoms with van der Waals surface area (Å²) in [4.78, 5) is 16.5. The molecule has 1 aromatic heterocycles. The van der Waals surface area contributed by atoms with Crippen LogP contribution in [0.4, 0.5) is 13.2 Å². The Morgan fingerprint density at radius 1 is 1.12 bits per heavy atom. The summed E-state index contributed by atoms with van der Waals surface area (Å²) in [5.74, 6) is -0.232. The molecule has 2 spiro atoms. The van der Waals surface area contributed by atoms with Gasteiger partial charge < -0.3 is 24.8 Å². The fourth-order valence-corrected chi connectivity index (χ4v) is 8.71. The molecule has 1 aromatic carbocycles. The van der Waals surface area contributed by atoms with E-state index >= 15 is 0 Å². The highest BCUT2D eigenvalue weighted by atomic mass is 19.4. The minimum Gasteiger partial charge on any atom is -0.388 e. The standard InChI is InChI=1S/C31H33F3N2O4/c1-28-13-22(31(32,33)34)20-12-21-26(38)27(39)23(36(2)3)14-29(21)8-9-30(20,40-29)24(28)7-6-19(28)16-4-5-17-15-35-25(37)11-18(17)10-16/h4-6,10-12,15,23-24,26-27,38-39H,7-9,13-14H2,1-3H3,(H,35,37). The monoisotopic (exact) mass is 554 g/mol. The lowest BCUT2D eigenvalue weighted by atomic mass is 9.56. The van der Waals surface area contributed by atoms with Gasteiger partial charge in [-0.25, -0.2) is 0 Å². The van der Waals surface area contributed by atoms with E-state index in [4.69, 9.17) is 4.74 Å². The van der Waals surface area contributed by atoms with Crippen molar-refractivity contribution in [2.45, 2.75) is 74.7 Å². The van der Waals surface area contributed by atoms with Gasteiger partial charge in [-0.1, -0.05) is 31.2 Å². The van der Waals surface area contributed by atoms with Crippen molar-refractivity contribution in [1.82, 2.24) is 9.88 Å². The molecule has 1 saturated carbocycles. The maximum Gasteiger partial charge on any atom is 0.413 e. The Labute approximate surface area is 229 Å². The van der Waals surface area contributed by atoms with Crippen LogP contribution in [0.2, 0.25) is 0 Å². The molecule has 3 N–H and O–H groups in total. The lowest BCUT2D eigenvalue weighted by Crippen LogP contribution is -2.62. The summed E-state index contributed by atoms with van der Waals surface area (Å²) in [5.41, 5.74) is -1.61. The largest absolute Gasteiger partial charge is 0.413 e. The molecule has 212 valence electrons. The molecule has 3 heterocycles. The molecule has 0 radical (unpaired) electrons. The summed E-state index contributed by atoms with van der Waals surface area (Å²) in [6.45, 7) is 1.92. The first-order valence-corrected chi connectivity index (χ1v) is 13.9. The molecule has 0 amide bonds. The number of nitrogens with zero attached hydrogens (tertiary/aromatic N) is 1. The normalized spacial score (nSPS) is 38.7. The molecule has 7 rings (SSSR count). The van der Waals surface area contributed by atoms with Crippen molar-refractivity contribution in [3.05, 3.63) is 75.3 Å². The predicted molar refractivity (Wildman–Crippen MR) is 144 cm³/mol. The first kappa shape index (κ1) is 26.2. The minimum atomic E-state index is -4.59. The van der Waals surface area contributed by atoms with Gasteiger partial charge in [0.15, 0.2) is 0 Å². The van der Waals surface area contributed by atoms with Crippen molar-refractivity contribution in [3.8, 4) is 0 Å². The molecule has 2 fully saturated rings. The predicted octanol–water partition coefficient (Wildman–Crippen LogP) is 4.48. The lowest BCUT2D eigenvalue weighted by Gasteiger charge is -2.57. The Morgan fingerprint density at radius 2 is 1.90 bits per heavy atom. The highest BCUT2D eigenvalue weighted by Crippen LogP contribution is 2.70. The summed E-state index contributed by atoms with van der Waals surface area (Å²) in [6.07, 6.45) is -0.109. The second-order valence-corrected chi connectivity index (χ2v) is 12.8. The molecule has 7 atom stereocenters. The molecular formula is C31H33F3N2O4. The number of aromatic nitrogens is 1. The molecule has 2 bridgehead atoms. The van der Waals surface area contributed by atoms with Crippen LogP contribution in [-0.2, 0) is 4.74 Å². The third kappa shape index (κ3) is 3.35. The lowest BCUT2D eigenvalue weighted by molar-refractivity contribution is -0.170. The van der Waals surface area contributed by atoms with Crippen LogP contribution in [0.5, 0.6) is 0 Å². The van der Waals surface area contributed by atoms with Crippen LogP contribution in [0.15, 0.2) is 64.1 Å². The minimum absolute atomic E-state index is 0.125. The number of benzene rings is 1.